The van der Waals surface area contributed by atoms with Gasteiger partial charge in [-0.2, -0.15) is 0 Å². The summed E-state index contributed by atoms with van der Waals surface area (Å²) in [6.45, 7) is 5.49. The summed E-state index contributed by atoms with van der Waals surface area (Å²) in [6.07, 6.45) is 3.51. The Labute approximate surface area is 85.2 Å². The van der Waals surface area contributed by atoms with E-state index in [1.807, 2.05) is 43.3 Å². The molecule has 0 heterocycles. The Morgan fingerprint density at radius 2 is 2.07 bits per heavy atom. The molecule has 0 saturated carbocycles. The van der Waals surface area contributed by atoms with Gasteiger partial charge < -0.3 is 5.32 Å². The first-order valence-electron chi connectivity index (χ1n) is 4.47. The van der Waals surface area contributed by atoms with Crippen molar-refractivity contribution in [2.24, 2.45) is 0 Å². The molecule has 1 aromatic carbocycles. The fourth-order valence-electron chi connectivity index (χ4n) is 0.981. The van der Waals surface area contributed by atoms with E-state index >= 15 is 0 Å². The number of allylic oxidation sites excluding steroid dienone is 3. The summed E-state index contributed by atoms with van der Waals surface area (Å²) in [6, 6.07) is 9.95. The number of benzene rings is 1. The molecule has 0 radical (unpaired) electrons. The van der Waals surface area contributed by atoms with Crippen molar-refractivity contribution in [2.45, 2.75) is 6.92 Å². The Morgan fingerprint density at radius 1 is 1.36 bits per heavy atom. The van der Waals surface area contributed by atoms with Crippen molar-refractivity contribution in [1.82, 2.24) is 0 Å². The average molecular weight is 183 g/mol. The van der Waals surface area contributed by atoms with Gasteiger partial charge in [-0.1, -0.05) is 36.8 Å². The van der Waals surface area contributed by atoms with Crippen LogP contribution in [0.1, 0.15) is 6.92 Å². The van der Waals surface area contributed by atoms with E-state index in [9.17, 15) is 0 Å². The summed E-state index contributed by atoms with van der Waals surface area (Å²) in [7, 11) is 0. The summed E-state index contributed by atoms with van der Waals surface area (Å²) < 4.78 is 0. The monoisotopic (exact) mass is 183 g/mol. The van der Waals surface area contributed by atoms with Crippen LogP contribution in [0, 0.1) is 11.8 Å². The molecule has 0 fully saturated rings. The van der Waals surface area contributed by atoms with E-state index in [2.05, 4.69) is 23.7 Å². The minimum atomic E-state index is 0.885. The molecule has 1 N–H and O–H groups in total. The molecule has 0 bridgehead atoms. The van der Waals surface area contributed by atoms with Crippen molar-refractivity contribution in [1.29, 1.82) is 0 Å². The molecule has 70 valence electrons. The van der Waals surface area contributed by atoms with E-state index in [0.29, 0.717) is 0 Å². The first-order chi connectivity index (χ1) is 6.86. The van der Waals surface area contributed by atoms with E-state index < -0.39 is 0 Å². The average Bonchev–Trinajstić information content (AvgIpc) is 2.25. The molecule has 1 aromatic rings. The summed E-state index contributed by atoms with van der Waals surface area (Å²) in [4.78, 5) is 0. The van der Waals surface area contributed by atoms with E-state index in [1.54, 1.807) is 6.08 Å². The fourth-order valence-corrected chi connectivity index (χ4v) is 0.981. The Hall–Kier alpha value is -1.94. The van der Waals surface area contributed by atoms with Gasteiger partial charge in [-0.3, -0.25) is 0 Å². The maximum absolute atomic E-state index is 3.55. The smallest absolute Gasteiger partial charge is 0.0857 e. The van der Waals surface area contributed by atoms with Gasteiger partial charge in [0.2, 0.25) is 0 Å². The Kier molecular flexibility index (Phi) is 4.10. The van der Waals surface area contributed by atoms with Crippen LogP contribution < -0.4 is 5.32 Å². The molecule has 0 aliphatic heterocycles. The van der Waals surface area contributed by atoms with Crippen LogP contribution in [-0.2, 0) is 0 Å². The summed E-state index contributed by atoms with van der Waals surface area (Å²) in [5.41, 5.74) is 1.93. The van der Waals surface area contributed by atoms with Gasteiger partial charge in [0.05, 0.1) is 5.70 Å². The standard InChI is InChI=1S/C13H13N/c1-3-5-9-12(4-2)14-13-10-7-6-8-11-13/h3-4,6-8,10-11,14H,1H2,2H3/b12-4+. The van der Waals surface area contributed by atoms with Gasteiger partial charge in [0.25, 0.3) is 0 Å². The minimum Gasteiger partial charge on any atom is -0.349 e. The van der Waals surface area contributed by atoms with Crippen LogP contribution >= 0.6 is 0 Å². The van der Waals surface area contributed by atoms with Gasteiger partial charge in [0, 0.05) is 5.69 Å². The zero-order valence-corrected chi connectivity index (χ0v) is 8.25. The third kappa shape index (κ3) is 3.20. The lowest BCUT2D eigenvalue weighted by atomic mass is 10.3. The summed E-state index contributed by atoms with van der Waals surface area (Å²) in [5, 5.41) is 3.20. The normalized spacial score (nSPS) is 9.93. The van der Waals surface area contributed by atoms with Crippen molar-refractivity contribution in [3.05, 3.63) is 54.8 Å². The minimum absolute atomic E-state index is 0.885. The predicted octanol–water partition coefficient (Wildman–Crippen LogP) is 3.19. The zero-order chi connectivity index (χ0) is 10.2. The van der Waals surface area contributed by atoms with E-state index in [4.69, 9.17) is 0 Å². The van der Waals surface area contributed by atoms with Gasteiger partial charge in [-0.15, -0.1) is 0 Å². The van der Waals surface area contributed by atoms with Crippen LogP contribution in [0.5, 0.6) is 0 Å². The second-order valence-corrected chi connectivity index (χ2v) is 2.67. The summed E-state index contributed by atoms with van der Waals surface area (Å²) in [5.74, 6) is 5.75. The topological polar surface area (TPSA) is 12.0 Å². The number of nitrogens with one attached hydrogen (secondary N) is 1. The van der Waals surface area contributed by atoms with Crippen LogP contribution in [-0.4, -0.2) is 0 Å². The molecular weight excluding hydrogens is 170 g/mol. The van der Waals surface area contributed by atoms with Gasteiger partial charge in [-0.05, 0) is 31.1 Å². The highest BCUT2D eigenvalue weighted by molar-refractivity contribution is 5.52. The number of rotatable bonds is 2. The van der Waals surface area contributed by atoms with Crippen LogP contribution in [0.4, 0.5) is 5.69 Å². The fraction of sp³-hybridized carbons (Fsp3) is 0.0769. The molecule has 0 spiro atoms. The Balaban J connectivity index is 2.72. The van der Waals surface area contributed by atoms with Crippen LogP contribution in [0.25, 0.3) is 0 Å². The molecule has 0 amide bonds. The maximum atomic E-state index is 3.55. The maximum Gasteiger partial charge on any atom is 0.0857 e. The highest BCUT2D eigenvalue weighted by Crippen LogP contribution is 2.08. The van der Waals surface area contributed by atoms with E-state index in [0.717, 1.165) is 11.4 Å². The molecule has 1 heteroatoms. The van der Waals surface area contributed by atoms with Crippen LogP contribution in [0.3, 0.4) is 0 Å². The van der Waals surface area contributed by atoms with Crippen molar-refractivity contribution >= 4 is 5.69 Å². The van der Waals surface area contributed by atoms with Crippen molar-refractivity contribution < 1.29 is 0 Å². The first-order valence-corrected chi connectivity index (χ1v) is 4.47. The van der Waals surface area contributed by atoms with E-state index in [1.165, 1.54) is 0 Å². The number of hydrogen-bond donors (Lipinski definition) is 1. The van der Waals surface area contributed by atoms with Crippen molar-refractivity contribution in [3.8, 4) is 11.8 Å². The van der Waals surface area contributed by atoms with Gasteiger partial charge >= 0.3 is 0 Å². The first kappa shape index (κ1) is 10.1. The third-order valence-corrected chi connectivity index (χ3v) is 1.65. The lowest BCUT2D eigenvalue weighted by Gasteiger charge is -2.03. The molecule has 0 aromatic heterocycles. The SMILES string of the molecule is C=CC#C/C(=C\C)Nc1ccccc1. The largest absolute Gasteiger partial charge is 0.349 e. The lowest BCUT2D eigenvalue weighted by Crippen LogP contribution is -1.95. The van der Waals surface area contributed by atoms with Crippen molar-refractivity contribution in [3.63, 3.8) is 0 Å². The zero-order valence-electron chi connectivity index (χ0n) is 8.25. The highest BCUT2D eigenvalue weighted by atomic mass is 14.9. The second kappa shape index (κ2) is 5.66. The molecule has 0 unspecified atom stereocenters. The van der Waals surface area contributed by atoms with Crippen LogP contribution in [0.2, 0.25) is 0 Å². The van der Waals surface area contributed by atoms with E-state index in [-0.39, 0.29) is 0 Å². The third-order valence-electron chi connectivity index (χ3n) is 1.65. The molecule has 14 heavy (non-hydrogen) atoms. The number of para-hydroxylation sites is 1. The molecule has 1 nitrogen and oxygen atoms in total. The van der Waals surface area contributed by atoms with Crippen molar-refractivity contribution in [2.75, 3.05) is 5.32 Å². The second-order valence-electron chi connectivity index (χ2n) is 2.67. The molecule has 0 atom stereocenters. The van der Waals surface area contributed by atoms with Gasteiger partial charge in [0.1, 0.15) is 0 Å². The van der Waals surface area contributed by atoms with Crippen LogP contribution in [0.15, 0.2) is 54.8 Å². The van der Waals surface area contributed by atoms with Gasteiger partial charge in [-0.25, -0.2) is 0 Å². The van der Waals surface area contributed by atoms with Gasteiger partial charge in [0.15, 0.2) is 0 Å². The molecular formula is C13H13N. The molecule has 0 aliphatic carbocycles. The summed E-state index contributed by atoms with van der Waals surface area (Å²) >= 11 is 0. The highest BCUT2D eigenvalue weighted by Gasteiger charge is 1.90. The predicted molar refractivity (Wildman–Crippen MR) is 61.8 cm³/mol. The Bertz CT molecular complexity index is 377. The molecule has 0 saturated heterocycles. The molecule has 1 rings (SSSR count). The number of anilines is 1. The quantitative estimate of drug-likeness (QED) is 0.694. The molecule has 0 aliphatic rings. The lowest BCUT2D eigenvalue weighted by molar-refractivity contribution is 1.47. The number of hydrogen-bond acceptors (Lipinski definition) is 1. The Morgan fingerprint density at radius 3 is 2.64 bits per heavy atom.